The van der Waals surface area contributed by atoms with Crippen LogP contribution in [0.2, 0.25) is 0 Å². The number of benzene rings is 2. The Bertz CT molecular complexity index is 897. The minimum Gasteiger partial charge on any atom is -0.370 e. The maximum Gasteiger partial charge on any atom is 0.238 e. The fourth-order valence-electron chi connectivity index (χ4n) is 2.93. The van der Waals surface area contributed by atoms with E-state index >= 15 is 0 Å². The standard InChI is InChI=1S/C20H28N4O3S/c1-4-24(5-2)19-12-11-17(28(21,26)27)13-18(19)23-20(25)14-22-15(3)16-9-7-6-8-10-16/h6-13,15,22H,4-5,14H2,1-3H3,(H,23,25)(H2,21,26,27)/t15-/m0/s1. The van der Waals surface area contributed by atoms with Crippen LogP contribution in [0.25, 0.3) is 0 Å². The van der Waals surface area contributed by atoms with Gasteiger partial charge in [-0.1, -0.05) is 30.3 Å². The number of carbonyl (C=O) groups is 1. The minimum atomic E-state index is -3.86. The number of carbonyl (C=O) groups excluding carboxylic acids is 1. The zero-order chi connectivity index (χ0) is 20.7. The molecule has 4 N–H and O–H groups in total. The molecule has 0 fully saturated rings. The third-order valence-electron chi connectivity index (χ3n) is 4.54. The van der Waals surface area contributed by atoms with Gasteiger partial charge in [0.15, 0.2) is 0 Å². The molecule has 0 radical (unpaired) electrons. The number of rotatable bonds is 9. The van der Waals surface area contributed by atoms with Crippen molar-refractivity contribution in [1.29, 1.82) is 0 Å². The lowest BCUT2D eigenvalue weighted by molar-refractivity contribution is -0.115. The van der Waals surface area contributed by atoms with E-state index in [2.05, 4.69) is 10.6 Å². The van der Waals surface area contributed by atoms with Crippen molar-refractivity contribution in [3.05, 3.63) is 54.1 Å². The lowest BCUT2D eigenvalue weighted by Gasteiger charge is -2.25. The van der Waals surface area contributed by atoms with Crippen molar-refractivity contribution in [3.63, 3.8) is 0 Å². The third-order valence-corrected chi connectivity index (χ3v) is 5.45. The Balaban J connectivity index is 2.16. The van der Waals surface area contributed by atoms with Crippen molar-refractivity contribution in [3.8, 4) is 0 Å². The Morgan fingerprint density at radius 2 is 1.75 bits per heavy atom. The van der Waals surface area contributed by atoms with E-state index in [0.29, 0.717) is 5.69 Å². The molecular weight excluding hydrogens is 376 g/mol. The van der Waals surface area contributed by atoms with Crippen LogP contribution in [0.1, 0.15) is 32.4 Å². The van der Waals surface area contributed by atoms with Crippen LogP contribution in [0.15, 0.2) is 53.4 Å². The van der Waals surface area contributed by atoms with E-state index in [-0.39, 0.29) is 23.4 Å². The summed E-state index contributed by atoms with van der Waals surface area (Å²) in [6.07, 6.45) is 0. The number of anilines is 2. The Kier molecular flexibility index (Phi) is 7.56. The van der Waals surface area contributed by atoms with Crippen molar-refractivity contribution < 1.29 is 13.2 Å². The summed E-state index contributed by atoms with van der Waals surface area (Å²) in [6, 6.07) is 14.3. The molecule has 0 aliphatic rings. The van der Waals surface area contributed by atoms with Gasteiger partial charge in [0.1, 0.15) is 0 Å². The van der Waals surface area contributed by atoms with Crippen LogP contribution < -0.4 is 20.7 Å². The first-order chi connectivity index (χ1) is 13.3. The van der Waals surface area contributed by atoms with Gasteiger partial charge in [0, 0.05) is 19.1 Å². The summed E-state index contributed by atoms with van der Waals surface area (Å²) in [5.74, 6) is -0.261. The van der Waals surface area contributed by atoms with Crippen molar-refractivity contribution in [2.24, 2.45) is 5.14 Å². The fraction of sp³-hybridized carbons (Fsp3) is 0.350. The van der Waals surface area contributed by atoms with Crippen LogP contribution >= 0.6 is 0 Å². The van der Waals surface area contributed by atoms with Crippen LogP contribution in [0.3, 0.4) is 0 Å². The van der Waals surface area contributed by atoms with Gasteiger partial charge in [0.2, 0.25) is 15.9 Å². The molecule has 2 aromatic carbocycles. The Morgan fingerprint density at radius 1 is 1.11 bits per heavy atom. The van der Waals surface area contributed by atoms with Gasteiger partial charge in [0.25, 0.3) is 0 Å². The zero-order valence-electron chi connectivity index (χ0n) is 16.5. The normalized spacial score (nSPS) is 12.4. The first-order valence-corrected chi connectivity index (χ1v) is 10.8. The van der Waals surface area contributed by atoms with Crippen molar-refractivity contribution in [2.75, 3.05) is 29.9 Å². The molecule has 28 heavy (non-hydrogen) atoms. The first kappa shape index (κ1) is 21.9. The van der Waals surface area contributed by atoms with Gasteiger partial charge >= 0.3 is 0 Å². The monoisotopic (exact) mass is 404 g/mol. The van der Waals surface area contributed by atoms with Gasteiger partial charge in [-0.25, -0.2) is 13.6 Å². The highest BCUT2D eigenvalue weighted by molar-refractivity contribution is 7.89. The second kappa shape index (κ2) is 9.68. The molecule has 2 rings (SSSR count). The molecule has 0 saturated carbocycles. The molecule has 8 heteroatoms. The first-order valence-electron chi connectivity index (χ1n) is 9.26. The zero-order valence-corrected chi connectivity index (χ0v) is 17.3. The summed E-state index contributed by atoms with van der Waals surface area (Å²) in [5.41, 5.74) is 2.26. The maximum absolute atomic E-state index is 12.5. The highest BCUT2D eigenvalue weighted by atomic mass is 32.2. The highest BCUT2D eigenvalue weighted by Crippen LogP contribution is 2.28. The number of nitrogens with one attached hydrogen (secondary N) is 2. The van der Waals surface area contributed by atoms with Gasteiger partial charge in [-0.2, -0.15) is 0 Å². The smallest absolute Gasteiger partial charge is 0.238 e. The summed E-state index contributed by atoms with van der Waals surface area (Å²) in [7, 11) is -3.86. The maximum atomic E-state index is 12.5. The second-order valence-electron chi connectivity index (χ2n) is 6.46. The molecule has 7 nitrogen and oxygen atoms in total. The predicted octanol–water partition coefficient (Wildman–Crippen LogP) is 2.47. The molecule has 1 amide bonds. The quantitative estimate of drug-likeness (QED) is 0.596. The van der Waals surface area contributed by atoms with E-state index in [1.54, 1.807) is 6.07 Å². The molecule has 1 atom stereocenters. The number of nitrogens with two attached hydrogens (primary N) is 1. The van der Waals surface area contributed by atoms with E-state index in [4.69, 9.17) is 5.14 Å². The predicted molar refractivity (Wildman–Crippen MR) is 113 cm³/mol. The number of sulfonamides is 1. The van der Waals surface area contributed by atoms with Crippen molar-refractivity contribution >= 4 is 27.3 Å². The molecule has 2 aromatic rings. The number of amides is 1. The number of primary sulfonamides is 1. The third kappa shape index (κ3) is 5.79. The van der Waals surface area contributed by atoms with Gasteiger partial charge in [-0.3, -0.25) is 4.79 Å². The summed E-state index contributed by atoms with van der Waals surface area (Å²) in [4.78, 5) is 14.5. The summed E-state index contributed by atoms with van der Waals surface area (Å²) < 4.78 is 23.4. The molecule has 0 bridgehead atoms. The molecule has 0 spiro atoms. The van der Waals surface area contributed by atoms with Gasteiger partial charge < -0.3 is 15.5 Å². The van der Waals surface area contributed by atoms with E-state index in [9.17, 15) is 13.2 Å². The number of nitrogens with zero attached hydrogens (tertiary/aromatic N) is 1. The molecule has 0 heterocycles. The lowest BCUT2D eigenvalue weighted by Crippen LogP contribution is -2.31. The second-order valence-corrected chi connectivity index (χ2v) is 8.02. The van der Waals surface area contributed by atoms with Crippen LogP contribution in [0, 0.1) is 0 Å². The van der Waals surface area contributed by atoms with Crippen LogP contribution in [-0.2, 0) is 14.8 Å². The Labute approximate surface area is 167 Å². The summed E-state index contributed by atoms with van der Waals surface area (Å²) in [5, 5.41) is 11.2. The van der Waals surface area contributed by atoms with Gasteiger partial charge in [-0.05, 0) is 44.5 Å². The molecule has 0 aliphatic carbocycles. The van der Waals surface area contributed by atoms with Crippen LogP contribution in [0.5, 0.6) is 0 Å². The molecule has 0 unspecified atom stereocenters. The number of hydrogen-bond donors (Lipinski definition) is 3. The highest BCUT2D eigenvalue weighted by Gasteiger charge is 2.16. The van der Waals surface area contributed by atoms with E-state index in [1.807, 2.05) is 56.0 Å². The molecule has 152 valence electrons. The number of hydrogen-bond acceptors (Lipinski definition) is 5. The Hall–Kier alpha value is -2.42. The average Bonchev–Trinajstić information content (AvgIpc) is 2.68. The van der Waals surface area contributed by atoms with Crippen LogP contribution in [-0.4, -0.2) is 34.0 Å². The lowest BCUT2D eigenvalue weighted by atomic mass is 10.1. The molecule has 0 aromatic heterocycles. The fourth-order valence-corrected chi connectivity index (χ4v) is 3.47. The summed E-state index contributed by atoms with van der Waals surface area (Å²) >= 11 is 0. The minimum absolute atomic E-state index is 0.00459. The molecule has 0 aliphatic heterocycles. The average molecular weight is 405 g/mol. The SMILES string of the molecule is CCN(CC)c1ccc(S(N)(=O)=O)cc1NC(=O)CN[C@@H](C)c1ccccc1. The summed E-state index contributed by atoms with van der Waals surface area (Å²) in [6.45, 7) is 7.49. The van der Waals surface area contributed by atoms with Crippen molar-refractivity contribution in [2.45, 2.75) is 31.7 Å². The molecule has 0 saturated heterocycles. The van der Waals surface area contributed by atoms with Gasteiger partial charge in [-0.15, -0.1) is 0 Å². The van der Waals surface area contributed by atoms with E-state index < -0.39 is 10.0 Å². The molecular formula is C20H28N4O3S. The van der Waals surface area contributed by atoms with E-state index in [1.165, 1.54) is 12.1 Å². The van der Waals surface area contributed by atoms with Gasteiger partial charge in [0.05, 0.1) is 22.8 Å². The largest absolute Gasteiger partial charge is 0.370 e. The van der Waals surface area contributed by atoms with Crippen molar-refractivity contribution in [1.82, 2.24) is 5.32 Å². The topological polar surface area (TPSA) is 105 Å². The van der Waals surface area contributed by atoms with Crippen LogP contribution in [0.4, 0.5) is 11.4 Å². The Morgan fingerprint density at radius 3 is 2.32 bits per heavy atom. The van der Waals surface area contributed by atoms with E-state index in [0.717, 1.165) is 24.3 Å².